The van der Waals surface area contributed by atoms with E-state index in [1.165, 1.54) is 44.2 Å². The molecule has 0 fully saturated rings. The summed E-state index contributed by atoms with van der Waals surface area (Å²) in [5.41, 5.74) is 14.5. The molecule has 0 saturated heterocycles. The second-order valence-corrected chi connectivity index (χ2v) is 11.6. The van der Waals surface area contributed by atoms with Crippen molar-refractivity contribution in [1.29, 1.82) is 0 Å². The lowest BCUT2D eigenvalue weighted by Crippen LogP contribution is -1.96. The maximum absolute atomic E-state index is 5.08. The van der Waals surface area contributed by atoms with Gasteiger partial charge in [0.15, 0.2) is 5.82 Å². The summed E-state index contributed by atoms with van der Waals surface area (Å²) in [5, 5.41) is 2.62. The quantitative estimate of drug-likeness (QED) is 0.202. The summed E-state index contributed by atoms with van der Waals surface area (Å²) < 4.78 is 0. The Bertz CT molecular complexity index is 2350. The summed E-state index contributed by atoms with van der Waals surface area (Å²) in [6, 6.07) is 55.4. The molecule has 0 unspecified atom stereocenters. The van der Waals surface area contributed by atoms with Gasteiger partial charge in [-0.1, -0.05) is 140 Å². The maximum atomic E-state index is 5.08. The van der Waals surface area contributed by atoms with Crippen LogP contribution in [0.2, 0.25) is 0 Å². The molecule has 0 atom stereocenters. The van der Waals surface area contributed by atoms with Crippen molar-refractivity contribution in [2.24, 2.45) is 0 Å². The largest absolute Gasteiger partial charge is 0.256 e. The van der Waals surface area contributed by atoms with Gasteiger partial charge in [-0.25, -0.2) is 9.97 Å². The molecule has 46 heavy (non-hydrogen) atoms. The van der Waals surface area contributed by atoms with E-state index in [-0.39, 0.29) is 0 Å². The molecule has 2 aromatic heterocycles. The molecule has 8 aromatic rings. The van der Waals surface area contributed by atoms with Crippen molar-refractivity contribution in [2.75, 3.05) is 0 Å². The number of benzene rings is 6. The Morgan fingerprint density at radius 1 is 0.326 bits per heavy atom. The van der Waals surface area contributed by atoms with Crippen LogP contribution in [0, 0.1) is 0 Å². The molecule has 3 nitrogen and oxygen atoms in total. The summed E-state index contributed by atoms with van der Waals surface area (Å²) in [5.74, 6) is 0.695. The molecule has 0 N–H and O–H groups in total. The number of nitrogens with zero attached hydrogens (tertiary/aromatic N) is 3. The molecule has 1 aliphatic carbocycles. The average Bonchev–Trinajstić information content (AvgIpc) is 3.47. The number of aromatic nitrogens is 3. The first-order valence-corrected chi connectivity index (χ1v) is 15.5. The van der Waals surface area contributed by atoms with E-state index in [9.17, 15) is 0 Å². The molecule has 0 radical (unpaired) electrons. The molecule has 214 valence electrons. The smallest absolute Gasteiger partial charge is 0.160 e. The predicted molar refractivity (Wildman–Crippen MR) is 189 cm³/mol. The van der Waals surface area contributed by atoms with Gasteiger partial charge in [-0.3, -0.25) is 4.98 Å². The number of hydrogen-bond acceptors (Lipinski definition) is 3. The van der Waals surface area contributed by atoms with Crippen LogP contribution in [0.25, 0.3) is 89.3 Å². The van der Waals surface area contributed by atoms with Gasteiger partial charge < -0.3 is 0 Å². The second-order valence-electron chi connectivity index (χ2n) is 11.6. The molecule has 6 aromatic carbocycles. The Morgan fingerprint density at radius 3 is 1.57 bits per heavy atom. The van der Waals surface area contributed by atoms with Crippen LogP contribution < -0.4 is 0 Å². The second kappa shape index (κ2) is 10.8. The Hall–Kier alpha value is -6.19. The van der Waals surface area contributed by atoms with E-state index in [4.69, 9.17) is 9.97 Å². The van der Waals surface area contributed by atoms with Gasteiger partial charge in [0.1, 0.15) is 0 Å². The van der Waals surface area contributed by atoms with Gasteiger partial charge >= 0.3 is 0 Å². The summed E-state index contributed by atoms with van der Waals surface area (Å²) >= 11 is 0. The molecule has 0 aliphatic heterocycles. The van der Waals surface area contributed by atoms with Gasteiger partial charge in [0.05, 0.1) is 17.1 Å². The highest BCUT2D eigenvalue weighted by atomic mass is 14.9. The third kappa shape index (κ3) is 4.41. The Balaban J connectivity index is 1.11. The van der Waals surface area contributed by atoms with Crippen LogP contribution in [0.4, 0.5) is 0 Å². The number of pyridine rings is 1. The lowest BCUT2D eigenvalue weighted by Gasteiger charge is -2.12. The van der Waals surface area contributed by atoms with Gasteiger partial charge in [0.25, 0.3) is 0 Å². The molecule has 3 heteroatoms. The van der Waals surface area contributed by atoms with Crippen molar-refractivity contribution in [1.82, 2.24) is 15.0 Å². The van der Waals surface area contributed by atoms with E-state index in [1.807, 2.05) is 42.6 Å². The average molecular weight is 586 g/mol. The monoisotopic (exact) mass is 585 g/mol. The maximum Gasteiger partial charge on any atom is 0.160 e. The Morgan fingerprint density at radius 2 is 0.870 bits per heavy atom. The molecule has 0 saturated carbocycles. The molecule has 1 aliphatic rings. The minimum Gasteiger partial charge on any atom is -0.256 e. The topological polar surface area (TPSA) is 38.7 Å². The van der Waals surface area contributed by atoms with Crippen molar-refractivity contribution in [3.8, 4) is 78.5 Å². The minimum atomic E-state index is 0.695. The fourth-order valence-corrected chi connectivity index (χ4v) is 6.69. The number of fused-ring (bicyclic) bond motifs is 3. The van der Waals surface area contributed by atoms with Crippen LogP contribution in [0.1, 0.15) is 0 Å². The van der Waals surface area contributed by atoms with Crippen molar-refractivity contribution in [3.05, 3.63) is 164 Å². The molecule has 0 bridgehead atoms. The van der Waals surface area contributed by atoms with E-state index in [0.717, 1.165) is 39.3 Å². The summed E-state index contributed by atoms with van der Waals surface area (Å²) in [6.45, 7) is 0. The van der Waals surface area contributed by atoms with Crippen molar-refractivity contribution in [2.45, 2.75) is 0 Å². The highest BCUT2D eigenvalue weighted by Crippen LogP contribution is 2.49. The van der Waals surface area contributed by atoms with E-state index in [1.54, 1.807) is 0 Å². The molecular formula is C43H27N3. The van der Waals surface area contributed by atoms with E-state index in [0.29, 0.717) is 5.82 Å². The Labute approximate surface area is 267 Å². The number of rotatable bonds is 5. The molecular weight excluding hydrogens is 558 g/mol. The fourth-order valence-electron chi connectivity index (χ4n) is 6.69. The van der Waals surface area contributed by atoms with Gasteiger partial charge in [-0.15, -0.1) is 0 Å². The summed E-state index contributed by atoms with van der Waals surface area (Å²) in [6.07, 6.45) is 1.82. The van der Waals surface area contributed by atoms with Gasteiger partial charge in [0, 0.05) is 28.5 Å². The molecule has 0 amide bonds. The van der Waals surface area contributed by atoms with E-state index in [2.05, 4.69) is 126 Å². The van der Waals surface area contributed by atoms with Gasteiger partial charge in [-0.05, 0) is 62.4 Å². The summed E-state index contributed by atoms with van der Waals surface area (Å²) in [4.78, 5) is 14.6. The normalized spacial score (nSPS) is 11.5. The zero-order chi connectivity index (χ0) is 30.5. The first-order valence-electron chi connectivity index (χ1n) is 15.5. The first-order chi connectivity index (χ1) is 22.8. The number of hydrogen-bond donors (Lipinski definition) is 0. The van der Waals surface area contributed by atoms with Crippen LogP contribution in [0.5, 0.6) is 0 Å². The lowest BCUT2D eigenvalue weighted by molar-refractivity contribution is 1.18. The summed E-state index contributed by atoms with van der Waals surface area (Å²) in [7, 11) is 0. The molecule has 0 spiro atoms. The Kier molecular flexibility index (Phi) is 6.14. The van der Waals surface area contributed by atoms with E-state index >= 15 is 0 Å². The SMILES string of the molecule is c1ccc(-c2cc(-c3ccc(-c4ccc5c6c(cccc46)-c4ccccc4-5)cc3)nc(-c3ccc(-c4ccccn4)cc3)n2)cc1. The van der Waals surface area contributed by atoms with Gasteiger partial charge in [0.2, 0.25) is 0 Å². The zero-order valence-electron chi connectivity index (χ0n) is 24.9. The third-order valence-corrected chi connectivity index (χ3v) is 8.94. The van der Waals surface area contributed by atoms with Gasteiger partial charge in [-0.2, -0.15) is 0 Å². The standard InChI is InChI=1S/C43H27N3/c1-2-9-29(10-3-1)40-27-41(46-43(45-40)32-22-20-30(21-23-32)39-15-6-7-26-44-39)31-18-16-28(17-19-31)33-24-25-38-35-12-5-4-11-34(35)37-14-8-13-36(33)42(37)38/h1-27H. The van der Waals surface area contributed by atoms with Crippen LogP contribution in [0.15, 0.2) is 164 Å². The van der Waals surface area contributed by atoms with Crippen molar-refractivity contribution in [3.63, 3.8) is 0 Å². The lowest BCUT2D eigenvalue weighted by atomic mass is 9.93. The fraction of sp³-hybridized carbons (Fsp3) is 0. The molecule has 9 rings (SSSR count). The predicted octanol–water partition coefficient (Wildman–Crippen LogP) is 11.0. The molecule has 2 heterocycles. The van der Waals surface area contributed by atoms with Crippen LogP contribution >= 0.6 is 0 Å². The van der Waals surface area contributed by atoms with Crippen LogP contribution in [0.3, 0.4) is 0 Å². The third-order valence-electron chi connectivity index (χ3n) is 8.94. The highest BCUT2D eigenvalue weighted by Gasteiger charge is 2.22. The van der Waals surface area contributed by atoms with Crippen molar-refractivity contribution < 1.29 is 0 Å². The first kappa shape index (κ1) is 26.2. The van der Waals surface area contributed by atoms with E-state index < -0.39 is 0 Å². The van der Waals surface area contributed by atoms with Crippen LogP contribution in [-0.4, -0.2) is 15.0 Å². The highest BCUT2D eigenvalue weighted by molar-refractivity contribution is 6.18. The minimum absolute atomic E-state index is 0.695. The van der Waals surface area contributed by atoms with Crippen LogP contribution in [-0.2, 0) is 0 Å². The zero-order valence-corrected chi connectivity index (χ0v) is 24.9. The van der Waals surface area contributed by atoms with Crippen molar-refractivity contribution >= 4 is 10.8 Å².